The molecule has 2 aromatic heterocycles. The van der Waals surface area contributed by atoms with Crippen molar-refractivity contribution in [3.05, 3.63) is 65.5 Å². The van der Waals surface area contributed by atoms with Gasteiger partial charge < -0.3 is 15.0 Å². The van der Waals surface area contributed by atoms with Crippen LogP contribution in [0.3, 0.4) is 0 Å². The van der Waals surface area contributed by atoms with E-state index in [-0.39, 0.29) is 24.3 Å². The van der Waals surface area contributed by atoms with Crippen LogP contribution in [0.25, 0.3) is 5.52 Å². The highest BCUT2D eigenvalue weighted by Crippen LogP contribution is 2.19. The second kappa shape index (κ2) is 13.4. The lowest BCUT2D eigenvalue weighted by atomic mass is 10.1. The molecule has 1 aliphatic heterocycles. The Morgan fingerprint density at radius 3 is 2.50 bits per heavy atom. The Morgan fingerprint density at radius 1 is 1.02 bits per heavy atom. The van der Waals surface area contributed by atoms with Gasteiger partial charge in [-0.3, -0.25) is 24.5 Å². The van der Waals surface area contributed by atoms with Gasteiger partial charge in [-0.25, -0.2) is 10.00 Å². The number of aryl methyl sites for hydroxylation is 1. The zero-order chi connectivity index (χ0) is 28.6. The van der Waals surface area contributed by atoms with Crippen molar-refractivity contribution in [3.63, 3.8) is 0 Å². The molecule has 11 heteroatoms. The molecule has 214 valence electrons. The van der Waals surface area contributed by atoms with Crippen molar-refractivity contribution < 1.29 is 24.3 Å². The second-order valence-corrected chi connectivity index (χ2v) is 10.3. The van der Waals surface area contributed by atoms with E-state index in [1.165, 1.54) is 0 Å². The minimum absolute atomic E-state index is 0.00954. The van der Waals surface area contributed by atoms with Crippen LogP contribution < -0.4 is 15.5 Å². The van der Waals surface area contributed by atoms with Gasteiger partial charge in [0.2, 0.25) is 5.91 Å². The molecule has 3 heterocycles. The van der Waals surface area contributed by atoms with Crippen molar-refractivity contribution in [2.75, 3.05) is 32.7 Å². The maximum absolute atomic E-state index is 12.9. The van der Waals surface area contributed by atoms with Crippen molar-refractivity contribution in [2.24, 2.45) is 5.92 Å². The molecule has 0 aliphatic carbocycles. The number of nitrogens with one attached hydrogen (secondary N) is 2. The Balaban J connectivity index is 1.34. The predicted octanol–water partition coefficient (Wildman–Crippen LogP) is 2.41. The van der Waals surface area contributed by atoms with Crippen molar-refractivity contribution in [3.8, 4) is 5.75 Å². The molecule has 0 radical (unpaired) electrons. The number of pyridine rings is 1. The third-order valence-corrected chi connectivity index (χ3v) is 7.24. The van der Waals surface area contributed by atoms with E-state index in [0.29, 0.717) is 44.1 Å². The topological polar surface area (TPSA) is 129 Å². The molecule has 4 rings (SSSR count). The average Bonchev–Trinajstić information content (AvgIpc) is 3.27. The van der Waals surface area contributed by atoms with Crippen LogP contribution in [0.1, 0.15) is 48.3 Å². The molecule has 3 N–H and O–H groups in total. The molecule has 1 aromatic carbocycles. The molecule has 3 amide bonds. The summed E-state index contributed by atoms with van der Waals surface area (Å²) < 4.78 is 7.78. The number of hydroxylamine groups is 1. The lowest BCUT2D eigenvalue weighted by Gasteiger charge is -2.35. The zero-order valence-corrected chi connectivity index (χ0v) is 23.3. The van der Waals surface area contributed by atoms with Crippen molar-refractivity contribution in [1.82, 2.24) is 30.2 Å². The van der Waals surface area contributed by atoms with Gasteiger partial charge in [0.1, 0.15) is 18.4 Å². The molecule has 1 saturated heterocycles. The van der Waals surface area contributed by atoms with Crippen LogP contribution in [0.4, 0.5) is 0 Å². The largest absolute Gasteiger partial charge is 0.489 e. The first kappa shape index (κ1) is 29.0. The number of hydrogen-bond donors (Lipinski definition) is 3. The number of benzene rings is 1. The summed E-state index contributed by atoms with van der Waals surface area (Å²) in [6, 6.07) is 11.9. The Labute approximate surface area is 234 Å². The van der Waals surface area contributed by atoms with Crippen LogP contribution in [-0.4, -0.2) is 81.1 Å². The van der Waals surface area contributed by atoms with Gasteiger partial charge in [0.15, 0.2) is 0 Å². The molecule has 0 saturated carbocycles. The Hall–Kier alpha value is -3.96. The van der Waals surface area contributed by atoms with E-state index in [0.717, 1.165) is 29.6 Å². The predicted molar refractivity (Wildman–Crippen MR) is 149 cm³/mol. The summed E-state index contributed by atoms with van der Waals surface area (Å²) in [5, 5.41) is 16.7. The van der Waals surface area contributed by atoms with Gasteiger partial charge in [-0.2, -0.15) is 5.10 Å². The first-order valence-electron chi connectivity index (χ1n) is 13.7. The molecule has 3 aromatic rings. The summed E-state index contributed by atoms with van der Waals surface area (Å²) in [6.45, 7) is 8.30. The summed E-state index contributed by atoms with van der Waals surface area (Å²) in [7, 11) is 0. The maximum atomic E-state index is 12.9. The highest BCUT2D eigenvalue weighted by Gasteiger charge is 2.29. The number of fused-ring (bicyclic) bond motifs is 1. The monoisotopic (exact) mass is 550 g/mol. The minimum Gasteiger partial charge on any atom is -0.489 e. The van der Waals surface area contributed by atoms with E-state index in [1.807, 2.05) is 59.5 Å². The lowest BCUT2D eigenvalue weighted by Crippen LogP contribution is -2.55. The van der Waals surface area contributed by atoms with Crippen LogP contribution in [0.5, 0.6) is 5.75 Å². The third-order valence-electron chi connectivity index (χ3n) is 7.24. The first-order valence-corrected chi connectivity index (χ1v) is 13.7. The number of nitrogens with zero attached hydrogens (tertiary/aromatic N) is 4. The van der Waals surface area contributed by atoms with Gasteiger partial charge in [0.25, 0.3) is 11.8 Å². The van der Waals surface area contributed by atoms with Crippen LogP contribution in [0.2, 0.25) is 0 Å². The van der Waals surface area contributed by atoms with Crippen LogP contribution in [-0.2, 0) is 16.2 Å². The molecule has 1 aliphatic rings. The number of aromatic nitrogens is 2. The normalized spacial score (nSPS) is 15.4. The standard InChI is InChI=1S/C29H38N6O5/c1-20(2)29(38)34-14-7-6-13-33(16-17-34)26(28(37)32-39)18-30-27(36)22-9-11-23(12-10-22)40-19-24-21(3)31-35-15-5-4-8-25(24)35/h4-5,8-12,15,20,26,39H,6-7,13-14,16-19H2,1-3H3,(H,30,36)(H,32,37). The fraction of sp³-hybridized carbons (Fsp3) is 0.448. The summed E-state index contributed by atoms with van der Waals surface area (Å²) in [6.07, 6.45) is 3.51. The number of carbonyl (C=O) groups is 3. The molecule has 1 fully saturated rings. The maximum Gasteiger partial charge on any atom is 0.262 e. The quantitative estimate of drug-likeness (QED) is 0.276. The van der Waals surface area contributed by atoms with E-state index < -0.39 is 11.9 Å². The first-order chi connectivity index (χ1) is 19.3. The minimum atomic E-state index is -0.778. The molecule has 0 bridgehead atoms. The summed E-state index contributed by atoms with van der Waals surface area (Å²) in [4.78, 5) is 41.7. The molecule has 1 unspecified atom stereocenters. The molecular weight excluding hydrogens is 512 g/mol. The van der Waals surface area contributed by atoms with Gasteiger partial charge >= 0.3 is 0 Å². The highest BCUT2D eigenvalue weighted by molar-refractivity contribution is 5.94. The van der Waals surface area contributed by atoms with Crippen molar-refractivity contribution in [2.45, 2.75) is 46.3 Å². The van der Waals surface area contributed by atoms with Crippen molar-refractivity contribution >= 4 is 23.2 Å². The molecule has 0 spiro atoms. The van der Waals surface area contributed by atoms with Crippen LogP contribution in [0.15, 0.2) is 48.7 Å². The lowest BCUT2D eigenvalue weighted by molar-refractivity contribution is -0.136. The van der Waals surface area contributed by atoms with Gasteiger partial charge in [-0.15, -0.1) is 0 Å². The molecule has 40 heavy (non-hydrogen) atoms. The van der Waals surface area contributed by atoms with Crippen LogP contribution >= 0.6 is 0 Å². The third kappa shape index (κ3) is 6.97. The molecular formula is C29H38N6O5. The van der Waals surface area contributed by atoms with Crippen LogP contribution in [0, 0.1) is 12.8 Å². The van der Waals surface area contributed by atoms with Gasteiger partial charge in [-0.05, 0) is 62.7 Å². The average molecular weight is 551 g/mol. The second-order valence-electron chi connectivity index (χ2n) is 10.3. The van der Waals surface area contributed by atoms with E-state index >= 15 is 0 Å². The van der Waals surface area contributed by atoms with E-state index in [4.69, 9.17) is 4.74 Å². The van der Waals surface area contributed by atoms with Gasteiger partial charge in [0.05, 0.1) is 11.2 Å². The van der Waals surface area contributed by atoms with E-state index in [2.05, 4.69) is 10.4 Å². The smallest absolute Gasteiger partial charge is 0.262 e. The van der Waals surface area contributed by atoms with Gasteiger partial charge in [-0.1, -0.05) is 19.9 Å². The molecule has 1 atom stereocenters. The number of hydrogen-bond acceptors (Lipinski definition) is 7. The Morgan fingerprint density at radius 2 is 1.77 bits per heavy atom. The highest BCUT2D eigenvalue weighted by atomic mass is 16.5. The van der Waals surface area contributed by atoms with E-state index in [1.54, 1.807) is 29.7 Å². The summed E-state index contributed by atoms with van der Waals surface area (Å²) in [5.41, 5.74) is 5.02. The number of ether oxygens (including phenoxy) is 1. The van der Waals surface area contributed by atoms with Gasteiger partial charge in [0, 0.05) is 49.4 Å². The Bertz CT molecular complexity index is 1320. The number of amides is 3. The number of rotatable bonds is 9. The van der Waals surface area contributed by atoms with E-state index in [9.17, 15) is 19.6 Å². The SMILES string of the molecule is Cc1nn2ccccc2c1COc1ccc(C(=O)NCC(C(=O)NO)N2CCCCN(C(=O)C(C)C)CC2)cc1. The number of carbonyl (C=O) groups excluding carboxylic acids is 3. The fourth-order valence-electron chi connectivity index (χ4n) is 4.95. The summed E-state index contributed by atoms with van der Waals surface area (Å²) in [5.74, 6) is -0.348. The fourth-order valence-corrected chi connectivity index (χ4v) is 4.95. The Kier molecular flexibility index (Phi) is 9.73. The zero-order valence-electron chi connectivity index (χ0n) is 23.3. The van der Waals surface area contributed by atoms with Crippen molar-refractivity contribution in [1.29, 1.82) is 0 Å². The summed E-state index contributed by atoms with van der Waals surface area (Å²) >= 11 is 0. The molecule has 11 nitrogen and oxygen atoms in total.